The maximum atomic E-state index is 9.04. The Morgan fingerprint density at radius 2 is 2.29 bits per heavy atom. The van der Waals surface area contributed by atoms with Crippen LogP contribution in [0, 0.1) is 0 Å². The highest BCUT2D eigenvalue weighted by molar-refractivity contribution is 7.98. The van der Waals surface area contributed by atoms with E-state index in [0.717, 1.165) is 16.2 Å². The summed E-state index contributed by atoms with van der Waals surface area (Å²) >= 11 is 1.60. The van der Waals surface area contributed by atoms with Gasteiger partial charge in [0.25, 0.3) is 0 Å². The molecule has 78 valence electrons. The SMILES string of the molecule is COc1cccc(SC)c1C(N)CO. The molecular formula is C10H15NO2S. The van der Waals surface area contributed by atoms with E-state index >= 15 is 0 Å². The highest BCUT2D eigenvalue weighted by Crippen LogP contribution is 2.32. The molecule has 1 unspecified atom stereocenters. The lowest BCUT2D eigenvalue weighted by atomic mass is 10.1. The van der Waals surface area contributed by atoms with Crippen molar-refractivity contribution in [3.05, 3.63) is 23.8 Å². The summed E-state index contributed by atoms with van der Waals surface area (Å²) in [6.07, 6.45) is 1.97. The van der Waals surface area contributed by atoms with Crippen molar-refractivity contribution >= 4 is 11.8 Å². The Morgan fingerprint density at radius 1 is 1.57 bits per heavy atom. The van der Waals surface area contributed by atoms with Crippen molar-refractivity contribution in [3.8, 4) is 5.75 Å². The number of rotatable bonds is 4. The summed E-state index contributed by atoms with van der Waals surface area (Å²) in [5, 5.41) is 9.04. The fraction of sp³-hybridized carbons (Fsp3) is 0.400. The Labute approximate surface area is 88.3 Å². The molecule has 14 heavy (non-hydrogen) atoms. The monoisotopic (exact) mass is 213 g/mol. The first-order valence-corrected chi connectivity index (χ1v) is 5.54. The van der Waals surface area contributed by atoms with Gasteiger partial charge in [0.2, 0.25) is 0 Å². The fourth-order valence-electron chi connectivity index (χ4n) is 1.34. The van der Waals surface area contributed by atoms with Crippen LogP contribution >= 0.6 is 11.8 Å². The molecule has 0 bridgehead atoms. The molecule has 3 nitrogen and oxygen atoms in total. The number of hydrogen-bond donors (Lipinski definition) is 2. The van der Waals surface area contributed by atoms with E-state index in [1.54, 1.807) is 18.9 Å². The zero-order chi connectivity index (χ0) is 10.6. The molecule has 0 aromatic heterocycles. The van der Waals surface area contributed by atoms with E-state index in [-0.39, 0.29) is 12.6 Å². The molecule has 0 radical (unpaired) electrons. The van der Waals surface area contributed by atoms with Crippen LogP contribution in [-0.2, 0) is 0 Å². The minimum Gasteiger partial charge on any atom is -0.496 e. The second-order valence-electron chi connectivity index (χ2n) is 2.87. The molecule has 1 atom stereocenters. The van der Waals surface area contributed by atoms with Gasteiger partial charge < -0.3 is 15.6 Å². The molecule has 0 spiro atoms. The topological polar surface area (TPSA) is 55.5 Å². The molecule has 0 amide bonds. The molecule has 0 fully saturated rings. The van der Waals surface area contributed by atoms with Crippen molar-refractivity contribution in [2.24, 2.45) is 5.73 Å². The first-order valence-electron chi connectivity index (χ1n) is 4.32. The summed E-state index contributed by atoms with van der Waals surface area (Å²) in [6.45, 7) is -0.0755. The van der Waals surface area contributed by atoms with Gasteiger partial charge >= 0.3 is 0 Å². The van der Waals surface area contributed by atoms with Crippen LogP contribution in [0.2, 0.25) is 0 Å². The maximum absolute atomic E-state index is 9.04. The Balaban J connectivity index is 3.18. The van der Waals surface area contributed by atoms with Gasteiger partial charge in [-0.25, -0.2) is 0 Å². The van der Waals surface area contributed by atoms with Gasteiger partial charge in [0.05, 0.1) is 19.8 Å². The van der Waals surface area contributed by atoms with Gasteiger partial charge in [-0.15, -0.1) is 11.8 Å². The second kappa shape index (κ2) is 5.24. The number of thioether (sulfide) groups is 1. The van der Waals surface area contributed by atoms with Crippen LogP contribution in [-0.4, -0.2) is 25.1 Å². The fourth-order valence-corrected chi connectivity index (χ4v) is 2.02. The Kier molecular flexibility index (Phi) is 4.25. The van der Waals surface area contributed by atoms with Gasteiger partial charge in [0.15, 0.2) is 0 Å². The van der Waals surface area contributed by atoms with Crippen molar-refractivity contribution in [1.29, 1.82) is 0 Å². The van der Waals surface area contributed by atoms with Crippen LogP contribution in [0.15, 0.2) is 23.1 Å². The number of nitrogens with two attached hydrogens (primary N) is 1. The largest absolute Gasteiger partial charge is 0.496 e. The van der Waals surface area contributed by atoms with E-state index in [1.165, 1.54) is 0 Å². The predicted molar refractivity (Wildman–Crippen MR) is 58.8 cm³/mol. The molecule has 0 aliphatic rings. The van der Waals surface area contributed by atoms with Crippen LogP contribution in [0.25, 0.3) is 0 Å². The standard InChI is InChI=1S/C10H15NO2S/c1-13-8-4-3-5-9(14-2)10(8)7(11)6-12/h3-5,7,12H,6,11H2,1-2H3. The summed E-state index contributed by atoms with van der Waals surface area (Å²) < 4.78 is 5.21. The molecule has 0 aliphatic carbocycles. The summed E-state index contributed by atoms with van der Waals surface area (Å²) in [4.78, 5) is 1.05. The predicted octanol–water partition coefficient (Wildman–Crippen LogP) is 1.41. The van der Waals surface area contributed by atoms with Gasteiger partial charge in [-0.05, 0) is 18.4 Å². The Morgan fingerprint density at radius 3 is 2.79 bits per heavy atom. The van der Waals surface area contributed by atoms with Crippen LogP contribution in [0.1, 0.15) is 11.6 Å². The number of aliphatic hydroxyl groups excluding tert-OH is 1. The highest BCUT2D eigenvalue weighted by atomic mass is 32.2. The summed E-state index contributed by atoms with van der Waals surface area (Å²) in [5.74, 6) is 0.735. The van der Waals surface area contributed by atoms with Crippen molar-refractivity contribution in [2.75, 3.05) is 20.0 Å². The lowest BCUT2D eigenvalue weighted by Gasteiger charge is -2.16. The first-order chi connectivity index (χ1) is 6.74. The normalized spacial score (nSPS) is 12.6. The van der Waals surface area contributed by atoms with Crippen molar-refractivity contribution < 1.29 is 9.84 Å². The summed E-state index contributed by atoms with van der Waals surface area (Å²) in [6, 6.07) is 5.36. The van der Waals surface area contributed by atoms with Crippen LogP contribution in [0.3, 0.4) is 0 Å². The Bertz CT molecular complexity index is 282. The third-order valence-electron chi connectivity index (χ3n) is 2.03. The zero-order valence-electron chi connectivity index (χ0n) is 8.36. The van der Waals surface area contributed by atoms with Crippen LogP contribution < -0.4 is 10.5 Å². The van der Waals surface area contributed by atoms with E-state index in [0.29, 0.717) is 0 Å². The average molecular weight is 213 g/mol. The van der Waals surface area contributed by atoms with E-state index in [4.69, 9.17) is 15.6 Å². The van der Waals surface area contributed by atoms with Gasteiger partial charge in [0, 0.05) is 10.5 Å². The smallest absolute Gasteiger partial charge is 0.124 e. The molecule has 4 heteroatoms. The molecule has 1 rings (SSSR count). The highest BCUT2D eigenvalue weighted by Gasteiger charge is 2.14. The van der Waals surface area contributed by atoms with E-state index in [2.05, 4.69) is 0 Å². The quantitative estimate of drug-likeness (QED) is 0.742. The number of methoxy groups -OCH3 is 1. The van der Waals surface area contributed by atoms with Crippen LogP contribution in [0.4, 0.5) is 0 Å². The lowest BCUT2D eigenvalue weighted by Crippen LogP contribution is -2.16. The molecule has 0 aliphatic heterocycles. The van der Waals surface area contributed by atoms with Gasteiger partial charge in [0.1, 0.15) is 5.75 Å². The first kappa shape index (κ1) is 11.4. The molecule has 1 aromatic carbocycles. The van der Waals surface area contributed by atoms with Gasteiger partial charge in [-0.3, -0.25) is 0 Å². The number of aliphatic hydroxyl groups is 1. The second-order valence-corrected chi connectivity index (χ2v) is 3.71. The van der Waals surface area contributed by atoms with E-state index < -0.39 is 0 Å². The molecule has 1 aromatic rings. The van der Waals surface area contributed by atoms with Gasteiger partial charge in [-0.1, -0.05) is 6.07 Å². The maximum Gasteiger partial charge on any atom is 0.124 e. The molecule has 0 heterocycles. The van der Waals surface area contributed by atoms with Gasteiger partial charge in [-0.2, -0.15) is 0 Å². The van der Waals surface area contributed by atoms with Crippen molar-refractivity contribution in [2.45, 2.75) is 10.9 Å². The lowest BCUT2D eigenvalue weighted by molar-refractivity contribution is 0.263. The van der Waals surface area contributed by atoms with E-state index in [9.17, 15) is 0 Å². The zero-order valence-corrected chi connectivity index (χ0v) is 9.17. The van der Waals surface area contributed by atoms with Crippen molar-refractivity contribution in [3.63, 3.8) is 0 Å². The summed E-state index contributed by atoms with van der Waals surface area (Å²) in [5.41, 5.74) is 6.68. The Hall–Kier alpha value is -0.710. The summed E-state index contributed by atoms with van der Waals surface area (Å²) in [7, 11) is 1.60. The minimum atomic E-state index is -0.381. The van der Waals surface area contributed by atoms with Crippen molar-refractivity contribution in [1.82, 2.24) is 0 Å². The third-order valence-corrected chi connectivity index (χ3v) is 2.83. The molecule has 3 N–H and O–H groups in total. The molecule has 0 saturated carbocycles. The average Bonchev–Trinajstić information content (AvgIpc) is 2.26. The number of hydrogen-bond acceptors (Lipinski definition) is 4. The molecule has 0 saturated heterocycles. The third kappa shape index (κ3) is 2.20. The van der Waals surface area contributed by atoms with E-state index in [1.807, 2.05) is 24.5 Å². The van der Waals surface area contributed by atoms with Crippen LogP contribution in [0.5, 0.6) is 5.75 Å². The number of ether oxygens (including phenoxy) is 1. The number of benzene rings is 1. The molecular weight excluding hydrogens is 198 g/mol. The minimum absolute atomic E-state index is 0.0755.